The molecule has 2 aliphatic carbocycles. The lowest BCUT2D eigenvalue weighted by Gasteiger charge is -2.29. The second-order valence-electron chi connectivity index (χ2n) is 20.5. The quantitative estimate of drug-likeness (QED) is 0.113. The Morgan fingerprint density at radius 3 is 1.48 bits per heavy atom. The number of hydrogen-bond acceptors (Lipinski definition) is 8. The van der Waals surface area contributed by atoms with Crippen molar-refractivity contribution in [3.8, 4) is 33.8 Å². The molecular formula is C67H58N4O8. The Bertz CT molecular complexity index is 4100. The van der Waals surface area contributed by atoms with Gasteiger partial charge >= 0.3 is 11.9 Å². The highest BCUT2D eigenvalue weighted by Gasteiger charge is 2.42. The highest BCUT2D eigenvalue weighted by atomic mass is 16.5. The first-order valence-corrected chi connectivity index (χ1v) is 27.2. The third-order valence-corrected chi connectivity index (χ3v) is 16.5. The maximum atomic E-state index is 15.1. The minimum Gasteiger partial charge on any atom is -0.497 e. The van der Waals surface area contributed by atoms with E-state index in [1.54, 1.807) is 14.2 Å². The number of esters is 2. The monoisotopic (exact) mass is 1050 g/mol. The zero-order valence-corrected chi connectivity index (χ0v) is 44.6. The predicted molar refractivity (Wildman–Crippen MR) is 307 cm³/mol. The number of nitrogens with zero attached hydrogens (tertiary/aromatic N) is 3. The summed E-state index contributed by atoms with van der Waals surface area (Å²) in [5.74, 6) is 1.14. The van der Waals surface area contributed by atoms with Crippen LogP contribution < -0.4 is 14.8 Å². The summed E-state index contributed by atoms with van der Waals surface area (Å²) in [6, 6.07) is 49.0. The molecular weight excluding hydrogens is 989 g/mol. The molecule has 2 amide bonds. The van der Waals surface area contributed by atoms with E-state index in [1.165, 1.54) is 16.7 Å². The van der Waals surface area contributed by atoms with Gasteiger partial charge in [0.05, 0.1) is 68.5 Å². The molecule has 8 aromatic carbocycles. The molecule has 0 saturated carbocycles. The van der Waals surface area contributed by atoms with Crippen molar-refractivity contribution in [1.82, 2.24) is 19.4 Å². The summed E-state index contributed by atoms with van der Waals surface area (Å²) in [5.41, 5.74) is 19.2. The average Bonchev–Trinajstić information content (AvgIpc) is 3.24. The number of rotatable bonds is 13. The number of para-hydroxylation sites is 2. The Labute approximate surface area is 457 Å². The van der Waals surface area contributed by atoms with Crippen LogP contribution in [0.25, 0.3) is 65.9 Å². The molecule has 2 aromatic heterocycles. The summed E-state index contributed by atoms with van der Waals surface area (Å²) >= 11 is 0. The smallest absolute Gasteiger partial charge is 0.307 e. The number of carbonyl (C=O) groups is 4. The van der Waals surface area contributed by atoms with Crippen LogP contribution in [0.5, 0.6) is 11.5 Å². The first-order chi connectivity index (χ1) is 38.7. The minimum atomic E-state index is -0.346. The van der Waals surface area contributed by atoms with E-state index >= 15 is 4.79 Å². The third-order valence-electron chi connectivity index (χ3n) is 16.5. The molecule has 394 valence electrons. The van der Waals surface area contributed by atoms with Crippen molar-refractivity contribution in [2.45, 2.75) is 71.8 Å². The second-order valence-corrected chi connectivity index (χ2v) is 20.5. The van der Waals surface area contributed by atoms with E-state index in [0.717, 1.165) is 129 Å². The number of amides is 2. The first-order valence-electron chi connectivity index (χ1n) is 27.2. The number of aryl methyl sites for hydroxylation is 2. The molecule has 0 spiro atoms. The molecule has 0 fully saturated rings. The normalized spacial score (nSPS) is 13.5. The number of aromatic nitrogens is 2. The summed E-state index contributed by atoms with van der Waals surface area (Å²) in [6.07, 6.45) is 2.09. The van der Waals surface area contributed by atoms with Gasteiger partial charge in [0.25, 0.3) is 11.8 Å². The van der Waals surface area contributed by atoms with Crippen molar-refractivity contribution in [2.75, 3.05) is 27.4 Å². The summed E-state index contributed by atoms with van der Waals surface area (Å²) in [4.78, 5) is 54.8. The third kappa shape index (κ3) is 8.02. The van der Waals surface area contributed by atoms with Crippen LogP contribution >= 0.6 is 0 Å². The maximum absolute atomic E-state index is 15.1. The van der Waals surface area contributed by atoms with E-state index in [0.29, 0.717) is 45.8 Å². The van der Waals surface area contributed by atoms with Crippen molar-refractivity contribution >= 4 is 67.4 Å². The number of carbonyl (C=O) groups excluding carboxylic acids is 4. The van der Waals surface area contributed by atoms with Crippen molar-refractivity contribution in [3.63, 3.8) is 0 Å². The van der Waals surface area contributed by atoms with Gasteiger partial charge in [0.15, 0.2) is 0 Å². The summed E-state index contributed by atoms with van der Waals surface area (Å²) in [6.45, 7) is 6.41. The number of ether oxygens (including phenoxy) is 4. The second kappa shape index (κ2) is 20.0. The topological polar surface area (TPSA) is 130 Å². The van der Waals surface area contributed by atoms with Crippen LogP contribution in [0.4, 0.5) is 0 Å². The van der Waals surface area contributed by atoms with Gasteiger partial charge in [0, 0.05) is 82.7 Å². The van der Waals surface area contributed by atoms with E-state index < -0.39 is 0 Å². The molecule has 79 heavy (non-hydrogen) atoms. The minimum absolute atomic E-state index is 0.00760. The fourth-order valence-electron chi connectivity index (χ4n) is 13.2. The average molecular weight is 1050 g/mol. The zero-order chi connectivity index (χ0) is 54.1. The Balaban J connectivity index is 0.000000164. The molecule has 14 rings (SSSR count). The highest BCUT2D eigenvalue weighted by molar-refractivity contribution is 6.21. The Hall–Kier alpha value is -9.16. The van der Waals surface area contributed by atoms with Gasteiger partial charge in [0.1, 0.15) is 11.5 Å². The lowest BCUT2D eigenvalue weighted by Crippen LogP contribution is -2.30. The molecule has 0 atom stereocenters. The van der Waals surface area contributed by atoms with E-state index in [9.17, 15) is 14.4 Å². The molecule has 12 heteroatoms. The molecule has 10 aromatic rings. The molecule has 4 heterocycles. The first kappa shape index (κ1) is 49.4. The summed E-state index contributed by atoms with van der Waals surface area (Å²) in [5, 5.41) is 7.51. The van der Waals surface area contributed by atoms with E-state index in [-0.39, 0.29) is 36.2 Å². The van der Waals surface area contributed by atoms with Crippen LogP contribution in [0.15, 0.2) is 146 Å². The Morgan fingerprint density at radius 2 is 0.987 bits per heavy atom. The lowest BCUT2D eigenvalue weighted by molar-refractivity contribution is -0.144. The van der Waals surface area contributed by atoms with Gasteiger partial charge in [-0.3, -0.25) is 19.2 Å². The molecule has 0 saturated heterocycles. The fraction of sp³-hybridized carbons (Fsp3) is 0.224. The van der Waals surface area contributed by atoms with Crippen LogP contribution in [0, 0.1) is 0 Å². The summed E-state index contributed by atoms with van der Waals surface area (Å²) < 4.78 is 26.0. The molecule has 0 unspecified atom stereocenters. The zero-order valence-electron chi connectivity index (χ0n) is 44.6. The molecule has 2 aliphatic heterocycles. The van der Waals surface area contributed by atoms with Gasteiger partial charge in [-0.2, -0.15) is 0 Å². The predicted octanol–water partition coefficient (Wildman–Crippen LogP) is 12.6. The number of hydrogen-bond donors (Lipinski definition) is 1. The largest absolute Gasteiger partial charge is 0.497 e. The molecule has 12 nitrogen and oxygen atoms in total. The number of benzene rings is 8. The van der Waals surface area contributed by atoms with Crippen LogP contribution in [-0.2, 0) is 58.1 Å². The van der Waals surface area contributed by atoms with Crippen LogP contribution in [0.1, 0.15) is 98.0 Å². The molecule has 0 bridgehead atoms. The van der Waals surface area contributed by atoms with Gasteiger partial charge in [0.2, 0.25) is 0 Å². The SMILES string of the molecule is CCOC(=O)CCn1c2ccccc2c2c3c(c4c(c21)Cc1ccccc1-4)C(=O)N(C(c1ccc(OC)cc1)c1ccc(OC)cc1)C3.CCOC(=O)CCn1c2ccccc2c2c3c(c4c(c21)Cc1ccccc1-4)C(=O)NC3. The molecule has 0 radical (unpaired) electrons. The van der Waals surface area contributed by atoms with Crippen LogP contribution in [0.2, 0.25) is 0 Å². The fourth-order valence-corrected chi connectivity index (χ4v) is 13.2. The lowest BCUT2D eigenvalue weighted by atomic mass is 9.92. The van der Waals surface area contributed by atoms with Crippen LogP contribution in [-0.4, -0.2) is 65.2 Å². The number of methoxy groups -OCH3 is 2. The van der Waals surface area contributed by atoms with Gasteiger partial charge in [-0.25, -0.2) is 0 Å². The van der Waals surface area contributed by atoms with Crippen molar-refractivity contribution < 1.29 is 38.1 Å². The Kier molecular flexibility index (Phi) is 12.5. The van der Waals surface area contributed by atoms with Gasteiger partial charge in [-0.1, -0.05) is 109 Å². The highest BCUT2D eigenvalue weighted by Crippen LogP contribution is 2.52. The van der Waals surface area contributed by atoms with E-state index in [2.05, 4.69) is 87.2 Å². The maximum Gasteiger partial charge on any atom is 0.307 e. The van der Waals surface area contributed by atoms with Crippen molar-refractivity contribution in [1.29, 1.82) is 0 Å². The molecule has 1 N–H and O–H groups in total. The summed E-state index contributed by atoms with van der Waals surface area (Å²) in [7, 11) is 3.31. The standard InChI is InChI=1S/C41H36N2O5.C26H22N2O3/c1-4-48-35(44)21-22-42-34-12-8-7-11-31(34)37-33-24-43(41(45)38(33)36-30-10-6-5-9-27(30)23-32(36)40(37)42)39(25-13-17-28(46-2)18-14-25)26-15-19-29(47-3)20-16-26;1-2-31-21(29)11-12-28-20-10-6-5-9-17(20)23-19-14-27-26(30)24(19)22-16-8-4-3-7-15(16)13-18(22)25(23)28/h5-20,39H,4,21-24H2,1-3H3;3-10H,2,11-14H2,1H3,(H,27,30). The van der Waals surface area contributed by atoms with Crippen molar-refractivity contribution in [2.24, 2.45) is 0 Å². The van der Waals surface area contributed by atoms with Gasteiger partial charge < -0.3 is 38.3 Å². The van der Waals surface area contributed by atoms with E-state index in [4.69, 9.17) is 18.9 Å². The number of nitrogens with one attached hydrogen (secondary N) is 1. The van der Waals surface area contributed by atoms with E-state index in [1.807, 2.05) is 91.5 Å². The van der Waals surface area contributed by atoms with Gasteiger partial charge in [-0.05, 0) is 106 Å². The van der Waals surface area contributed by atoms with Crippen molar-refractivity contribution in [3.05, 3.63) is 201 Å². The van der Waals surface area contributed by atoms with Gasteiger partial charge in [-0.15, -0.1) is 0 Å². The molecule has 4 aliphatic rings. The van der Waals surface area contributed by atoms with Crippen LogP contribution in [0.3, 0.4) is 0 Å². The Morgan fingerprint density at radius 1 is 0.532 bits per heavy atom. The number of fused-ring (bicyclic) bond motifs is 20.